The van der Waals surface area contributed by atoms with Crippen LogP contribution in [0.25, 0.3) is 0 Å². The zero-order valence-corrected chi connectivity index (χ0v) is 20.3. The van der Waals surface area contributed by atoms with Crippen molar-refractivity contribution in [1.82, 2.24) is 9.88 Å². The topological polar surface area (TPSA) is 51.4 Å². The molecule has 2 bridgehead atoms. The molecule has 6 heteroatoms. The van der Waals surface area contributed by atoms with Crippen LogP contribution in [0.1, 0.15) is 48.5 Å². The van der Waals surface area contributed by atoms with Gasteiger partial charge in [-0.2, -0.15) is 0 Å². The maximum absolute atomic E-state index is 6.76. The summed E-state index contributed by atoms with van der Waals surface area (Å²) in [5.41, 5.74) is 9.54. The summed E-state index contributed by atoms with van der Waals surface area (Å²) in [4.78, 5) is 7.46. The minimum Gasteiger partial charge on any atom is -0.481 e. The zero-order chi connectivity index (χ0) is 23.0. The number of rotatable bonds is 6. The van der Waals surface area contributed by atoms with E-state index < -0.39 is 0 Å². The van der Waals surface area contributed by atoms with E-state index >= 15 is 0 Å². The van der Waals surface area contributed by atoms with Gasteiger partial charge in [0.25, 0.3) is 0 Å². The summed E-state index contributed by atoms with van der Waals surface area (Å²) in [6.45, 7) is 0.566. The Morgan fingerprint density at radius 1 is 0.939 bits per heavy atom. The summed E-state index contributed by atoms with van der Waals surface area (Å²) in [6, 6.07) is 23.0. The van der Waals surface area contributed by atoms with E-state index in [0.717, 1.165) is 52.5 Å². The molecule has 0 saturated carbocycles. The predicted molar refractivity (Wildman–Crippen MR) is 134 cm³/mol. The molecule has 172 valence electrons. The molecule has 4 nitrogen and oxygen atoms in total. The highest BCUT2D eigenvalue weighted by atomic mass is 35.5. The Morgan fingerprint density at radius 3 is 2.03 bits per heavy atom. The summed E-state index contributed by atoms with van der Waals surface area (Å²) < 4.78 is 5.41. The van der Waals surface area contributed by atoms with Gasteiger partial charge in [0.05, 0.1) is 18.8 Å². The van der Waals surface area contributed by atoms with Gasteiger partial charge in [-0.15, -0.1) is 0 Å². The molecule has 0 radical (unpaired) electrons. The van der Waals surface area contributed by atoms with E-state index in [1.165, 1.54) is 0 Å². The molecule has 1 aromatic heterocycles. The first kappa shape index (κ1) is 22.7. The maximum Gasteiger partial charge on any atom is 0.213 e. The van der Waals surface area contributed by atoms with E-state index in [1.807, 2.05) is 36.4 Å². The number of nitrogens with two attached hydrogens (primary N) is 1. The van der Waals surface area contributed by atoms with Crippen molar-refractivity contribution in [3.63, 3.8) is 0 Å². The molecule has 2 saturated heterocycles. The third-order valence-electron chi connectivity index (χ3n) is 7.49. The Bertz CT molecular complexity index is 1080. The number of aromatic nitrogens is 1. The first-order valence-electron chi connectivity index (χ1n) is 11.5. The highest BCUT2D eigenvalue weighted by Crippen LogP contribution is 2.52. The van der Waals surface area contributed by atoms with Gasteiger partial charge in [0.1, 0.15) is 0 Å². The van der Waals surface area contributed by atoms with Crippen molar-refractivity contribution in [3.8, 4) is 5.88 Å². The molecule has 33 heavy (non-hydrogen) atoms. The lowest BCUT2D eigenvalue weighted by molar-refractivity contribution is 0.0584. The normalized spacial score (nSPS) is 24.9. The molecule has 1 unspecified atom stereocenters. The molecule has 0 aliphatic carbocycles. The molecule has 2 fully saturated rings. The molecule has 0 spiro atoms. The van der Waals surface area contributed by atoms with E-state index in [1.54, 1.807) is 7.11 Å². The van der Waals surface area contributed by atoms with E-state index in [4.69, 9.17) is 38.7 Å². The number of methoxy groups -OCH3 is 1. The Labute approximate surface area is 205 Å². The third kappa shape index (κ3) is 4.04. The monoisotopic (exact) mass is 481 g/mol. The van der Waals surface area contributed by atoms with Crippen molar-refractivity contribution < 1.29 is 4.74 Å². The smallest absolute Gasteiger partial charge is 0.213 e. The molecule has 2 aromatic carbocycles. The second-order valence-corrected chi connectivity index (χ2v) is 10.1. The number of pyridine rings is 1. The van der Waals surface area contributed by atoms with Crippen molar-refractivity contribution >= 4 is 23.2 Å². The fourth-order valence-corrected chi connectivity index (χ4v) is 6.47. The Balaban J connectivity index is 1.57. The van der Waals surface area contributed by atoms with Gasteiger partial charge in [-0.25, -0.2) is 4.98 Å². The second kappa shape index (κ2) is 9.27. The van der Waals surface area contributed by atoms with Crippen LogP contribution in [-0.4, -0.2) is 35.6 Å². The zero-order valence-electron chi connectivity index (χ0n) is 18.8. The van der Waals surface area contributed by atoms with Gasteiger partial charge in [-0.1, -0.05) is 65.7 Å². The Hall–Kier alpha value is -2.11. The van der Waals surface area contributed by atoms with Crippen molar-refractivity contribution in [2.45, 2.75) is 49.2 Å². The number of hydrogen-bond acceptors (Lipinski definition) is 4. The fraction of sp³-hybridized carbons (Fsp3) is 0.370. The van der Waals surface area contributed by atoms with Crippen molar-refractivity contribution in [2.24, 2.45) is 5.73 Å². The highest BCUT2D eigenvalue weighted by Gasteiger charge is 2.52. The predicted octanol–water partition coefficient (Wildman–Crippen LogP) is 6.01. The Morgan fingerprint density at radius 2 is 1.52 bits per heavy atom. The van der Waals surface area contributed by atoms with E-state index in [-0.39, 0.29) is 11.5 Å². The van der Waals surface area contributed by atoms with Crippen LogP contribution in [0.5, 0.6) is 5.88 Å². The van der Waals surface area contributed by atoms with Gasteiger partial charge >= 0.3 is 0 Å². The number of halogens is 2. The number of ether oxygens (including phenoxy) is 1. The molecule has 3 atom stereocenters. The SMILES string of the molecule is COc1cccc(C2(CN)C[C@H]3CC[C@@H](C2)N3C(c2ccccc2Cl)c2ccccc2Cl)n1. The summed E-state index contributed by atoms with van der Waals surface area (Å²) in [5.74, 6) is 0.639. The van der Waals surface area contributed by atoms with Gasteiger partial charge in [0.2, 0.25) is 5.88 Å². The van der Waals surface area contributed by atoms with Crippen LogP contribution in [0.4, 0.5) is 0 Å². The van der Waals surface area contributed by atoms with Crippen LogP contribution in [-0.2, 0) is 5.41 Å². The quantitative estimate of drug-likeness (QED) is 0.468. The van der Waals surface area contributed by atoms with Gasteiger partial charge in [-0.05, 0) is 55.0 Å². The first-order chi connectivity index (χ1) is 16.1. The Kier molecular flexibility index (Phi) is 6.37. The molecule has 5 rings (SSSR count). The highest BCUT2D eigenvalue weighted by molar-refractivity contribution is 6.32. The number of piperidine rings is 1. The van der Waals surface area contributed by atoms with E-state index in [2.05, 4.69) is 35.2 Å². The average Bonchev–Trinajstić information content (AvgIpc) is 3.10. The largest absolute Gasteiger partial charge is 0.481 e. The number of benzene rings is 2. The molecule has 2 aliphatic heterocycles. The number of hydrogen-bond donors (Lipinski definition) is 1. The fourth-order valence-electron chi connectivity index (χ4n) is 5.99. The van der Waals surface area contributed by atoms with Crippen LogP contribution in [0.3, 0.4) is 0 Å². The van der Waals surface area contributed by atoms with Crippen molar-refractivity contribution in [3.05, 3.63) is 93.6 Å². The van der Waals surface area contributed by atoms with Gasteiger partial charge in [0.15, 0.2) is 0 Å². The average molecular weight is 482 g/mol. The maximum atomic E-state index is 6.76. The van der Waals surface area contributed by atoms with Crippen molar-refractivity contribution in [2.75, 3.05) is 13.7 Å². The van der Waals surface area contributed by atoms with Crippen molar-refractivity contribution in [1.29, 1.82) is 0 Å². The van der Waals surface area contributed by atoms with Crippen LogP contribution >= 0.6 is 23.2 Å². The van der Waals surface area contributed by atoms with E-state index in [9.17, 15) is 0 Å². The van der Waals surface area contributed by atoms with Gasteiger partial charge < -0.3 is 10.5 Å². The molecule has 2 aliphatic rings. The summed E-state index contributed by atoms with van der Waals surface area (Å²) >= 11 is 13.5. The lowest BCUT2D eigenvalue weighted by Gasteiger charge is -2.49. The lowest BCUT2D eigenvalue weighted by atomic mass is 9.71. The second-order valence-electron chi connectivity index (χ2n) is 9.24. The number of nitrogens with zero attached hydrogens (tertiary/aromatic N) is 2. The minimum absolute atomic E-state index is 0.000979. The van der Waals surface area contributed by atoms with E-state index in [0.29, 0.717) is 24.5 Å². The van der Waals surface area contributed by atoms with Crippen LogP contribution in [0.15, 0.2) is 66.7 Å². The van der Waals surface area contributed by atoms with Crippen LogP contribution in [0.2, 0.25) is 10.0 Å². The molecule has 0 amide bonds. The van der Waals surface area contributed by atoms with Crippen LogP contribution in [0, 0.1) is 0 Å². The molecule has 3 aromatic rings. The third-order valence-corrected chi connectivity index (χ3v) is 8.18. The summed E-state index contributed by atoms with van der Waals surface area (Å²) in [5, 5.41) is 1.54. The van der Waals surface area contributed by atoms with Gasteiger partial charge in [0, 0.05) is 40.2 Å². The standard InChI is InChI=1S/C27H29Cl2N3O/c1-33-25-12-6-11-24(31-25)27(17-30)15-18-13-14-19(16-27)32(18)26(20-7-2-4-9-22(20)28)21-8-3-5-10-23(21)29/h2-12,18-19,26H,13-17,30H2,1H3/t18-,19+,27?. The lowest BCUT2D eigenvalue weighted by Crippen LogP contribution is -2.54. The molecular formula is C27H29Cl2N3O. The summed E-state index contributed by atoms with van der Waals surface area (Å²) in [7, 11) is 1.66. The first-order valence-corrected chi connectivity index (χ1v) is 12.3. The minimum atomic E-state index is -0.164. The molecule has 2 N–H and O–H groups in total. The molecule has 3 heterocycles. The summed E-state index contributed by atoms with van der Waals surface area (Å²) in [6.07, 6.45) is 4.15. The number of fused-ring (bicyclic) bond motifs is 2. The van der Waals surface area contributed by atoms with Crippen LogP contribution < -0.4 is 10.5 Å². The molecular weight excluding hydrogens is 453 g/mol. The van der Waals surface area contributed by atoms with Gasteiger partial charge in [-0.3, -0.25) is 4.90 Å².